The van der Waals surface area contributed by atoms with Gasteiger partial charge in [-0.25, -0.2) is 0 Å². The molecule has 164 valence electrons. The maximum absolute atomic E-state index is 3.85. The Balaban J connectivity index is 4.80. The zero-order chi connectivity index (χ0) is 21.7. The summed E-state index contributed by atoms with van der Waals surface area (Å²) in [6, 6.07) is 0. The highest BCUT2D eigenvalue weighted by molar-refractivity contribution is 4.94. The van der Waals surface area contributed by atoms with Crippen LogP contribution >= 0.6 is 0 Å². The first-order chi connectivity index (χ1) is 11.8. The van der Waals surface area contributed by atoms with Gasteiger partial charge in [0, 0.05) is 29.7 Å². The van der Waals surface area contributed by atoms with Crippen molar-refractivity contribution in [3.63, 3.8) is 0 Å². The molecule has 0 bridgehead atoms. The molecule has 0 saturated carbocycles. The Bertz CT molecular complexity index is 416. The quantitative estimate of drug-likeness (QED) is 0.507. The van der Waals surface area contributed by atoms with E-state index in [1.807, 2.05) is 0 Å². The Morgan fingerprint density at radius 3 is 1.52 bits per heavy atom. The molecule has 0 rings (SSSR count). The van der Waals surface area contributed by atoms with E-state index in [0.717, 1.165) is 26.2 Å². The Morgan fingerprint density at radius 1 is 0.593 bits per heavy atom. The van der Waals surface area contributed by atoms with Crippen LogP contribution in [0, 0.1) is 10.8 Å². The van der Waals surface area contributed by atoms with Gasteiger partial charge in [0.25, 0.3) is 0 Å². The van der Waals surface area contributed by atoms with E-state index in [9.17, 15) is 0 Å². The van der Waals surface area contributed by atoms with Gasteiger partial charge in [-0.2, -0.15) is 0 Å². The molecule has 0 aliphatic carbocycles. The summed E-state index contributed by atoms with van der Waals surface area (Å²) in [4.78, 5) is 2.64. The highest BCUT2D eigenvalue weighted by Crippen LogP contribution is 2.35. The van der Waals surface area contributed by atoms with E-state index in [1.54, 1.807) is 0 Å². The smallest absolute Gasteiger partial charge is 0.0176 e. The van der Waals surface area contributed by atoms with Crippen LogP contribution in [0.15, 0.2) is 0 Å². The van der Waals surface area contributed by atoms with Crippen LogP contribution in [0.4, 0.5) is 0 Å². The van der Waals surface area contributed by atoms with Crippen LogP contribution in [0.3, 0.4) is 0 Å². The second-order valence-electron chi connectivity index (χ2n) is 12.8. The highest BCUT2D eigenvalue weighted by atomic mass is 15.2. The fourth-order valence-corrected chi connectivity index (χ4v) is 3.06. The van der Waals surface area contributed by atoms with Gasteiger partial charge in [0.1, 0.15) is 0 Å². The summed E-state index contributed by atoms with van der Waals surface area (Å²) < 4.78 is 0. The molecule has 0 fully saturated rings. The molecule has 0 aliphatic rings. The van der Waals surface area contributed by atoms with Crippen molar-refractivity contribution in [1.82, 2.24) is 15.5 Å². The minimum absolute atomic E-state index is 0.117. The summed E-state index contributed by atoms with van der Waals surface area (Å²) in [6.07, 6.45) is 2.40. The molecule has 0 aromatic heterocycles. The van der Waals surface area contributed by atoms with Gasteiger partial charge in [-0.3, -0.25) is 4.90 Å². The lowest BCUT2D eigenvalue weighted by Crippen LogP contribution is -2.54. The molecule has 0 unspecified atom stereocenters. The van der Waals surface area contributed by atoms with Gasteiger partial charge in [-0.05, 0) is 92.2 Å². The third kappa shape index (κ3) is 11.5. The zero-order valence-electron chi connectivity index (χ0n) is 21.2. The molecule has 2 N–H and O–H groups in total. The van der Waals surface area contributed by atoms with Gasteiger partial charge in [0.15, 0.2) is 0 Å². The number of hydrogen-bond donors (Lipinski definition) is 2. The van der Waals surface area contributed by atoms with Crippen molar-refractivity contribution in [3.8, 4) is 0 Å². The maximum Gasteiger partial charge on any atom is 0.0176 e. The maximum atomic E-state index is 3.85. The summed E-state index contributed by atoms with van der Waals surface area (Å²) in [5.74, 6) is 0. The average molecular weight is 384 g/mol. The molecule has 0 aliphatic heterocycles. The molecule has 3 nitrogen and oxygen atoms in total. The van der Waals surface area contributed by atoms with Gasteiger partial charge in [-0.15, -0.1) is 0 Å². The van der Waals surface area contributed by atoms with Gasteiger partial charge in [0.2, 0.25) is 0 Å². The normalized spacial score (nSPS) is 14.9. The van der Waals surface area contributed by atoms with Gasteiger partial charge >= 0.3 is 0 Å². The minimum atomic E-state index is 0.117. The second-order valence-corrected chi connectivity index (χ2v) is 12.8. The highest BCUT2D eigenvalue weighted by Gasteiger charge is 2.37. The fourth-order valence-electron chi connectivity index (χ4n) is 3.06. The SMILES string of the molecule is CC(C)(C)CCNC(C)(C)C(C)(C)CCN(CCNC(C)(C)C)C(C)(C)C. The molecular weight excluding hydrogens is 330 g/mol. The molecule has 0 aromatic rings. The molecule has 0 radical (unpaired) electrons. The predicted molar refractivity (Wildman–Crippen MR) is 124 cm³/mol. The molecule has 0 atom stereocenters. The van der Waals surface area contributed by atoms with Crippen molar-refractivity contribution >= 4 is 0 Å². The predicted octanol–water partition coefficient (Wildman–Crippen LogP) is 5.70. The molecule has 0 saturated heterocycles. The average Bonchev–Trinajstić information content (AvgIpc) is 2.37. The van der Waals surface area contributed by atoms with Crippen LogP contribution in [0.5, 0.6) is 0 Å². The Labute approximate surface area is 172 Å². The van der Waals surface area contributed by atoms with E-state index in [4.69, 9.17) is 0 Å². The monoisotopic (exact) mass is 383 g/mol. The van der Waals surface area contributed by atoms with Crippen LogP contribution in [-0.4, -0.2) is 47.7 Å². The van der Waals surface area contributed by atoms with Gasteiger partial charge < -0.3 is 10.6 Å². The molecule has 27 heavy (non-hydrogen) atoms. The fraction of sp³-hybridized carbons (Fsp3) is 1.00. The molecular formula is C24H53N3. The Morgan fingerprint density at radius 2 is 1.11 bits per heavy atom. The Kier molecular flexibility index (Phi) is 9.54. The summed E-state index contributed by atoms with van der Waals surface area (Å²) in [6.45, 7) is 34.6. The minimum Gasteiger partial charge on any atom is -0.311 e. The van der Waals surface area contributed by atoms with Crippen LogP contribution in [0.1, 0.15) is 103 Å². The van der Waals surface area contributed by atoms with Crippen LogP contribution < -0.4 is 10.6 Å². The van der Waals surface area contributed by atoms with E-state index in [-0.39, 0.29) is 22.0 Å². The Hall–Kier alpha value is -0.120. The molecule has 0 aromatic carbocycles. The summed E-state index contributed by atoms with van der Waals surface area (Å²) >= 11 is 0. The van der Waals surface area contributed by atoms with E-state index in [1.165, 1.54) is 12.8 Å². The first kappa shape index (κ1) is 26.9. The standard InChI is InChI=1S/C24H53N3/c1-20(2,3)14-16-26-24(12,13)23(10,11)15-18-27(22(7,8)9)19-17-25-21(4,5)6/h25-26H,14-19H2,1-13H3. The van der Waals surface area contributed by atoms with Crippen LogP contribution in [0.2, 0.25) is 0 Å². The van der Waals surface area contributed by atoms with Crippen molar-refractivity contribution < 1.29 is 0 Å². The summed E-state index contributed by atoms with van der Waals surface area (Å²) in [5.41, 5.74) is 1.11. The topological polar surface area (TPSA) is 27.3 Å². The number of nitrogens with one attached hydrogen (secondary N) is 2. The van der Waals surface area contributed by atoms with Crippen LogP contribution in [-0.2, 0) is 0 Å². The van der Waals surface area contributed by atoms with Crippen molar-refractivity contribution in [1.29, 1.82) is 0 Å². The second kappa shape index (κ2) is 9.59. The van der Waals surface area contributed by atoms with Crippen molar-refractivity contribution in [2.45, 2.75) is 119 Å². The molecule has 0 spiro atoms. The van der Waals surface area contributed by atoms with Gasteiger partial charge in [-0.1, -0.05) is 34.6 Å². The third-order valence-corrected chi connectivity index (χ3v) is 6.13. The van der Waals surface area contributed by atoms with Crippen molar-refractivity contribution in [3.05, 3.63) is 0 Å². The summed E-state index contributed by atoms with van der Waals surface area (Å²) in [5, 5.41) is 7.49. The van der Waals surface area contributed by atoms with Crippen molar-refractivity contribution in [2.24, 2.45) is 10.8 Å². The van der Waals surface area contributed by atoms with Crippen molar-refractivity contribution in [2.75, 3.05) is 26.2 Å². The first-order valence-electron chi connectivity index (χ1n) is 11.0. The lowest BCUT2D eigenvalue weighted by molar-refractivity contribution is 0.0780. The zero-order valence-corrected chi connectivity index (χ0v) is 21.2. The van der Waals surface area contributed by atoms with E-state index in [2.05, 4.69) is 106 Å². The lowest BCUT2D eigenvalue weighted by Gasteiger charge is -2.46. The van der Waals surface area contributed by atoms with Gasteiger partial charge in [0.05, 0.1) is 0 Å². The lowest BCUT2D eigenvalue weighted by atomic mass is 9.71. The third-order valence-electron chi connectivity index (χ3n) is 6.13. The molecule has 3 heteroatoms. The number of rotatable bonds is 10. The van der Waals surface area contributed by atoms with E-state index >= 15 is 0 Å². The summed E-state index contributed by atoms with van der Waals surface area (Å²) in [7, 11) is 0. The van der Waals surface area contributed by atoms with E-state index in [0.29, 0.717) is 5.41 Å². The molecule has 0 heterocycles. The first-order valence-corrected chi connectivity index (χ1v) is 11.0. The number of hydrogen-bond acceptors (Lipinski definition) is 3. The molecule has 0 amide bonds. The van der Waals surface area contributed by atoms with Crippen LogP contribution in [0.25, 0.3) is 0 Å². The van der Waals surface area contributed by atoms with E-state index < -0.39 is 0 Å². The largest absolute Gasteiger partial charge is 0.311 e. The number of nitrogens with zero attached hydrogens (tertiary/aromatic N) is 1.